The second kappa shape index (κ2) is 7.20. The van der Waals surface area contributed by atoms with Crippen LogP contribution in [-0.2, 0) is 17.9 Å². The first kappa shape index (κ1) is 18.0. The van der Waals surface area contributed by atoms with Gasteiger partial charge in [0.25, 0.3) is 11.9 Å². The van der Waals surface area contributed by atoms with Crippen molar-refractivity contribution in [1.82, 2.24) is 19.6 Å². The van der Waals surface area contributed by atoms with Gasteiger partial charge in [-0.2, -0.15) is 5.10 Å². The first-order valence-corrected chi connectivity index (χ1v) is 8.27. The average molecular weight is 362 g/mol. The quantitative estimate of drug-likeness (QED) is 0.838. The molecule has 9 nitrogen and oxygen atoms in total. The molecule has 2 amide bonds. The lowest BCUT2D eigenvalue weighted by Gasteiger charge is -2.26. The van der Waals surface area contributed by atoms with Crippen LogP contribution in [0.5, 0.6) is 5.95 Å². The molecule has 1 N–H and O–H groups in total. The van der Waals surface area contributed by atoms with E-state index in [1.165, 1.54) is 12.0 Å². The number of ether oxygens (including phenoxy) is 1. The first-order chi connectivity index (χ1) is 12.4. The molecule has 0 aromatic carbocycles. The molecule has 0 spiro atoms. The van der Waals surface area contributed by atoms with Crippen LogP contribution < -0.4 is 4.74 Å². The maximum absolute atomic E-state index is 12.5. The Morgan fingerprint density at radius 1 is 1.38 bits per heavy atom. The number of aliphatic hydroxyl groups is 1. The predicted molar refractivity (Wildman–Crippen MR) is 90.5 cm³/mol. The van der Waals surface area contributed by atoms with Gasteiger partial charge in [-0.15, -0.1) is 0 Å². The topological polar surface area (TPSA) is 101 Å². The molecule has 0 bridgehead atoms. The van der Waals surface area contributed by atoms with Gasteiger partial charge in [0, 0.05) is 26.7 Å². The van der Waals surface area contributed by atoms with E-state index in [0.29, 0.717) is 25.3 Å². The van der Waals surface area contributed by atoms with Crippen molar-refractivity contribution in [2.24, 2.45) is 0 Å². The van der Waals surface area contributed by atoms with E-state index in [1.54, 1.807) is 41.9 Å². The molecule has 0 saturated heterocycles. The van der Waals surface area contributed by atoms with Crippen molar-refractivity contribution < 1.29 is 23.8 Å². The second-order valence-electron chi connectivity index (χ2n) is 6.34. The minimum Gasteiger partial charge on any atom is -0.468 e. The summed E-state index contributed by atoms with van der Waals surface area (Å²) < 4.78 is 12.0. The number of rotatable bonds is 5. The van der Waals surface area contributed by atoms with Crippen molar-refractivity contribution in [3.05, 3.63) is 35.3 Å². The number of amides is 2. The molecular weight excluding hydrogens is 340 g/mol. The fourth-order valence-corrected chi connectivity index (χ4v) is 2.78. The summed E-state index contributed by atoms with van der Waals surface area (Å²) in [5.74, 6) is 0.0932. The highest BCUT2D eigenvalue weighted by atomic mass is 16.6. The molecule has 0 aliphatic carbocycles. The number of nitrogens with zero attached hydrogens (tertiary/aromatic N) is 4. The number of hydrogen-bond acceptors (Lipinski definition) is 6. The van der Waals surface area contributed by atoms with Crippen molar-refractivity contribution in [2.45, 2.75) is 25.6 Å². The van der Waals surface area contributed by atoms with Crippen LogP contribution in [0, 0.1) is 0 Å². The predicted octanol–water partition coefficient (Wildman–Crippen LogP) is 0.652. The van der Waals surface area contributed by atoms with Gasteiger partial charge in [0.1, 0.15) is 6.10 Å². The van der Waals surface area contributed by atoms with Gasteiger partial charge in [0.2, 0.25) is 5.91 Å². The average Bonchev–Trinajstić information content (AvgIpc) is 3.26. The lowest BCUT2D eigenvalue weighted by atomic mass is 10.1. The Labute approximate surface area is 150 Å². The SMILES string of the molecule is COc1ccc(C(=O)N2CCn3nc([C@@H](O)CC(=O)N(C)C)cc3C2)o1. The van der Waals surface area contributed by atoms with Crippen molar-refractivity contribution in [3.8, 4) is 5.95 Å². The van der Waals surface area contributed by atoms with Crippen LogP contribution in [0.4, 0.5) is 0 Å². The van der Waals surface area contributed by atoms with Crippen LogP contribution in [0.1, 0.15) is 34.5 Å². The monoisotopic (exact) mass is 362 g/mol. The van der Waals surface area contributed by atoms with Gasteiger partial charge >= 0.3 is 0 Å². The molecule has 0 saturated carbocycles. The lowest BCUT2D eigenvalue weighted by Crippen LogP contribution is -2.38. The Morgan fingerprint density at radius 3 is 2.81 bits per heavy atom. The highest BCUT2D eigenvalue weighted by molar-refractivity contribution is 5.91. The molecule has 3 heterocycles. The Hall–Kier alpha value is -2.81. The molecule has 9 heteroatoms. The zero-order valence-corrected chi connectivity index (χ0v) is 15.0. The Morgan fingerprint density at radius 2 is 2.15 bits per heavy atom. The third kappa shape index (κ3) is 3.57. The lowest BCUT2D eigenvalue weighted by molar-refractivity contribution is -0.130. The molecule has 0 radical (unpaired) electrons. The second-order valence-corrected chi connectivity index (χ2v) is 6.34. The van der Waals surface area contributed by atoms with Gasteiger partial charge in [-0.05, 0) is 12.1 Å². The van der Waals surface area contributed by atoms with Crippen molar-refractivity contribution in [1.29, 1.82) is 0 Å². The molecular formula is C17H22N4O5. The number of furan rings is 1. The number of hydrogen-bond donors (Lipinski definition) is 1. The summed E-state index contributed by atoms with van der Waals surface area (Å²) in [7, 11) is 4.75. The summed E-state index contributed by atoms with van der Waals surface area (Å²) in [5.41, 5.74) is 1.23. The van der Waals surface area contributed by atoms with Crippen molar-refractivity contribution in [3.63, 3.8) is 0 Å². The molecule has 1 aliphatic rings. The summed E-state index contributed by atoms with van der Waals surface area (Å²) in [6, 6.07) is 4.91. The minimum absolute atomic E-state index is 0.0295. The molecule has 140 valence electrons. The van der Waals surface area contributed by atoms with E-state index in [0.717, 1.165) is 5.69 Å². The molecule has 26 heavy (non-hydrogen) atoms. The molecule has 0 unspecified atom stereocenters. The largest absolute Gasteiger partial charge is 0.468 e. The Kier molecular flexibility index (Phi) is 4.99. The van der Waals surface area contributed by atoms with Gasteiger partial charge in [-0.3, -0.25) is 14.3 Å². The zero-order chi connectivity index (χ0) is 18.8. The summed E-state index contributed by atoms with van der Waals surface area (Å²) >= 11 is 0. The van der Waals surface area contributed by atoms with E-state index < -0.39 is 6.10 Å². The fraction of sp³-hybridized carbons (Fsp3) is 0.471. The van der Waals surface area contributed by atoms with Crippen LogP contribution >= 0.6 is 0 Å². The van der Waals surface area contributed by atoms with Crippen molar-refractivity contribution in [2.75, 3.05) is 27.7 Å². The van der Waals surface area contributed by atoms with E-state index in [1.807, 2.05) is 0 Å². The Balaban J connectivity index is 1.70. The van der Waals surface area contributed by atoms with E-state index in [9.17, 15) is 14.7 Å². The van der Waals surface area contributed by atoms with Crippen molar-refractivity contribution >= 4 is 11.8 Å². The molecule has 1 aliphatic heterocycles. The van der Waals surface area contributed by atoms with Crippen LogP contribution in [0.3, 0.4) is 0 Å². The minimum atomic E-state index is -0.971. The van der Waals surface area contributed by atoms with Crippen LogP contribution in [0.15, 0.2) is 22.6 Å². The summed E-state index contributed by atoms with van der Waals surface area (Å²) in [6.45, 7) is 1.33. The van der Waals surface area contributed by atoms with Crippen LogP contribution in [0.2, 0.25) is 0 Å². The maximum Gasteiger partial charge on any atom is 0.290 e. The van der Waals surface area contributed by atoms with Crippen LogP contribution in [-0.4, -0.2) is 64.3 Å². The van der Waals surface area contributed by atoms with E-state index in [4.69, 9.17) is 9.15 Å². The maximum atomic E-state index is 12.5. The van der Waals surface area contributed by atoms with E-state index in [2.05, 4.69) is 5.10 Å². The van der Waals surface area contributed by atoms with Gasteiger partial charge in [0.15, 0.2) is 5.76 Å². The molecule has 3 rings (SSSR count). The number of carbonyl (C=O) groups excluding carboxylic acids is 2. The zero-order valence-electron chi connectivity index (χ0n) is 15.0. The molecule has 1 atom stereocenters. The van der Waals surface area contributed by atoms with E-state index in [-0.39, 0.29) is 29.9 Å². The highest BCUT2D eigenvalue weighted by Gasteiger charge is 2.27. The number of carbonyl (C=O) groups is 2. The summed E-state index contributed by atoms with van der Waals surface area (Å²) in [6.07, 6.45) is -1.00. The Bertz CT molecular complexity index is 810. The normalized spacial score (nSPS) is 14.7. The first-order valence-electron chi connectivity index (χ1n) is 8.27. The number of aliphatic hydroxyl groups excluding tert-OH is 1. The third-order valence-electron chi connectivity index (χ3n) is 4.31. The smallest absolute Gasteiger partial charge is 0.290 e. The van der Waals surface area contributed by atoms with Gasteiger partial charge in [-0.25, -0.2) is 0 Å². The van der Waals surface area contributed by atoms with Gasteiger partial charge < -0.3 is 24.1 Å². The van der Waals surface area contributed by atoms with Crippen LogP contribution in [0.25, 0.3) is 0 Å². The summed E-state index contributed by atoms with van der Waals surface area (Å²) in [4.78, 5) is 27.4. The van der Waals surface area contributed by atoms with E-state index >= 15 is 0 Å². The third-order valence-corrected chi connectivity index (χ3v) is 4.31. The van der Waals surface area contributed by atoms with Gasteiger partial charge in [-0.1, -0.05) is 0 Å². The standard InChI is InChI=1S/C17H22N4O5/c1-19(2)15(23)9-13(22)12-8-11-10-20(6-7-21(11)18-12)17(24)14-4-5-16(25-3)26-14/h4-5,8,13,22H,6-7,9-10H2,1-3H3/t13-/m0/s1. The number of fused-ring (bicyclic) bond motifs is 1. The number of methoxy groups -OCH3 is 1. The number of aromatic nitrogens is 2. The molecule has 2 aromatic heterocycles. The molecule has 2 aromatic rings. The fourth-order valence-electron chi connectivity index (χ4n) is 2.78. The van der Waals surface area contributed by atoms with Gasteiger partial charge in [0.05, 0.1) is 38.0 Å². The summed E-state index contributed by atoms with van der Waals surface area (Å²) in [5, 5.41) is 14.6. The highest BCUT2D eigenvalue weighted by Crippen LogP contribution is 2.23. The molecule has 0 fully saturated rings.